The largest absolute Gasteiger partial charge is 0.198 e. The van der Waals surface area contributed by atoms with Crippen LogP contribution in [0.2, 0.25) is 0 Å². The minimum atomic E-state index is 0.561. The predicted molar refractivity (Wildman–Crippen MR) is 124 cm³/mol. The van der Waals surface area contributed by atoms with Gasteiger partial charge in [-0.15, -0.1) is 23.5 Å². The maximum atomic E-state index is 7.82. The number of nitriles is 1. The van der Waals surface area contributed by atoms with E-state index in [4.69, 9.17) is 5.26 Å². The van der Waals surface area contributed by atoms with Crippen molar-refractivity contribution in [2.24, 2.45) is 11.8 Å². The number of benzene rings is 1. The van der Waals surface area contributed by atoms with Crippen molar-refractivity contribution in [3.05, 3.63) is 35.4 Å². The number of thioether (sulfide) groups is 2. The van der Waals surface area contributed by atoms with E-state index in [9.17, 15) is 0 Å². The molecule has 3 atom stereocenters. The SMILES string of the molecule is CC1CC2(CC3c4ccccc4CCC13)SCCS2.CCC.CCCC#N. The maximum Gasteiger partial charge on any atom is 0.0621 e. The third-order valence-corrected chi connectivity index (χ3v) is 9.29. The molecule has 1 heterocycles. The van der Waals surface area contributed by atoms with E-state index in [0.29, 0.717) is 10.5 Å². The summed E-state index contributed by atoms with van der Waals surface area (Å²) in [5.41, 5.74) is 3.33. The zero-order valence-corrected chi connectivity index (χ0v) is 19.3. The molecule has 3 unspecified atom stereocenters. The summed E-state index contributed by atoms with van der Waals surface area (Å²) in [7, 11) is 0. The average Bonchev–Trinajstić information content (AvgIpc) is 3.11. The van der Waals surface area contributed by atoms with E-state index in [1.165, 1.54) is 43.6 Å². The number of fused-ring (bicyclic) bond motifs is 3. The van der Waals surface area contributed by atoms with Crippen molar-refractivity contribution in [2.45, 2.75) is 82.6 Å². The van der Waals surface area contributed by atoms with Crippen LogP contribution in [0.5, 0.6) is 0 Å². The number of hydrogen-bond acceptors (Lipinski definition) is 3. The molecule has 2 fully saturated rings. The van der Waals surface area contributed by atoms with Gasteiger partial charge in [0, 0.05) is 17.9 Å². The highest BCUT2D eigenvalue weighted by Crippen LogP contribution is 2.61. The van der Waals surface area contributed by atoms with Gasteiger partial charge < -0.3 is 0 Å². The Morgan fingerprint density at radius 1 is 1.11 bits per heavy atom. The Kier molecular flexibility index (Phi) is 9.60. The zero-order chi connectivity index (χ0) is 19.7. The molecule has 1 saturated carbocycles. The number of unbranched alkanes of at least 4 members (excludes halogenated alkanes) is 1. The molecule has 0 bridgehead atoms. The summed E-state index contributed by atoms with van der Waals surface area (Å²) in [6.45, 7) is 8.76. The Balaban J connectivity index is 0.000000281. The van der Waals surface area contributed by atoms with Crippen molar-refractivity contribution in [2.75, 3.05) is 11.5 Å². The monoisotopic (exact) mass is 403 g/mol. The van der Waals surface area contributed by atoms with E-state index in [0.717, 1.165) is 24.2 Å². The molecule has 150 valence electrons. The summed E-state index contributed by atoms with van der Waals surface area (Å²) in [5.74, 6) is 5.44. The molecule has 0 N–H and O–H groups in total. The topological polar surface area (TPSA) is 23.8 Å². The molecule has 0 radical (unpaired) electrons. The minimum Gasteiger partial charge on any atom is -0.198 e. The average molecular weight is 404 g/mol. The Morgan fingerprint density at radius 3 is 2.37 bits per heavy atom. The van der Waals surface area contributed by atoms with E-state index in [-0.39, 0.29) is 0 Å². The molecule has 0 amide bonds. The fourth-order valence-corrected chi connectivity index (χ4v) is 8.33. The van der Waals surface area contributed by atoms with E-state index >= 15 is 0 Å². The number of rotatable bonds is 1. The molecular weight excluding hydrogens is 366 g/mol. The summed E-state index contributed by atoms with van der Waals surface area (Å²) in [4.78, 5) is 0. The van der Waals surface area contributed by atoms with Gasteiger partial charge in [0.05, 0.1) is 10.1 Å². The first-order valence-electron chi connectivity index (χ1n) is 10.8. The molecule has 3 heteroatoms. The van der Waals surface area contributed by atoms with Crippen LogP contribution in [0.1, 0.15) is 83.3 Å². The second-order valence-corrected chi connectivity index (χ2v) is 11.3. The number of hydrogen-bond donors (Lipinski definition) is 0. The van der Waals surface area contributed by atoms with Crippen molar-refractivity contribution in [3.63, 3.8) is 0 Å². The lowest BCUT2D eigenvalue weighted by Crippen LogP contribution is -2.39. The standard InChI is InChI=1S/C17H22S2.C4H7N.C3H8/c1-12-10-17(18-8-9-19-17)11-16-14(12)7-6-13-4-2-3-5-15(13)16;1-2-3-4-5;1-3-2/h2-5,12,14,16H,6-11H2,1H3;2-3H2,1H3;3H2,1-2H3. The molecule has 4 rings (SSSR count). The highest BCUT2D eigenvalue weighted by atomic mass is 32.2. The molecule has 1 spiro atoms. The van der Waals surface area contributed by atoms with Crippen LogP contribution in [0, 0.1) is 23.2 Å². The van der Waals surface area contributed by atoms with E-state index in [2.05, 4.69) is 68.6 Å². The van der Waals surface area contributed by atoms with Crippen LogP contribution in [0.4, 0.5) is 0 Å². The fourth-order valence-electron chi connectivity index (χ4n) is 4.72. The van der Waals surface area contributed by atoms with Crippen molar-refractivity contribution >= 4 is 23.5 Å². The summed E-state index contributed by atoms with van der Waals surface area (Å²) in [6, 6.07) is 11.3. The Morgan fingerprint density at radius 2 is 1.78 bits per heavy atom. The van der Waals surface area contributed by atoms with Gasteiger partial charge in [0.2, 0.25) is 0 Å². The van der Waals surface area contributed by atoms with E-state index in [1.54, 1.807) is 11.1 Å². The lowest BCUT2D eigenvalue weighted by Gasteiger charge is -2.48. The quantitative estimate of drug-likeness (QED) is 0.481. The van der Waals surface area contributed by atoms with E-state index in [1.807, 2.05) is 13.0 Å². The first-order chi connectivity index (χ1) is 13.1. The lowest BCUT2D eigenvalue weighted by molar-refractivity contribution is 0.192. The summed E-state index contributed by atoms with van der Waals surface area (Å²) in [6.07, 6.45) is 8.54. The smallest absolute Gasteiger partial charge is 0.0621 e. The zero-order valence-electron chi connectivity index (χ0n) is 17.7. The Labute approximate surface area is 176 Å². The number of nitrogens with zero attached hydrogens (tertiary/aromatic N) is 1. The normalized spacial score (nSPS) is 27.1. The molecule has 27 heavy (non-hydrogen) atoms. The van der Waals surface area contributed by atoms with Crippen LogP contribution in [0.15, 0.2) is 24.3 Å². The van der Waals surface area contributed by atoms with Gasteiger partial charge in [0.15, 0.2) is 0 Å². The molecule has 3 aliphatic rings. The second kappa shape index (κ2) is 11.4. The van der Waals surface area contributed by atoms with E-state index < -0.39 is 0 Å². The molecular formula is C24H37NS2. The minimum absolute atomic E-state index is 0.561. The van der Waals surface area contributed by atoms with Crippen LogP contribution in [-0.4, -0.2) is 15.6 Å². The predicted octanol–water partition coefficient (Wildman–Crippen LogP) is 7.67. The van der Waals surface area contributed by atoms with Crippen molar-refractivity contribution in [1.29, 1.82) is 5.26 Å². The number of aryl methyl sites for hydroxylation is 1. The van der Waals surface area contributed by atoms with Crippen LogP contribution >= 0.6 is 23.5 Å². The van der Waals surface area contributed by atoms with Crippen LogP contribution < -0.4 is 0 Å². The first-order valence-corrected chi connectivity index (χ1v) is 12.8. The molecule has 1 aromatic carbocycles. The van der Waals surface area contributed by atoms with Crippen molar-refractivity contribution < 1.29 is 0 Å². The van der Waals surface area contributed by atoms with Gasteiger partial charge in [0.1, 0.15) is 0 Å². The van der Waals surface area contributed by atoms with Gasteiger partial charge >= 0.3 is 0 Å². The Hall–Kier alpha value is -0.590. The highest BCUT2D eigenvalue weighted by Gasteiger charge is 2.48. The molecule has 1 nitrogen and oxygen atoms in total. The van der Waals surface area contributed by atoms with Crippen LogP contribution in [0.3, 0.4) is 0 Å². The van der Waals surface area contributed by atoms with Gasteiger partial charge in [0.25, 0.3) is 0 Å². The highest BCUT2D eigenvalue weighted by molar-refractivity contribution is 8.21. The second-order valence-electron chi connectivity index (χ2n) is 8.12. The van der Waals surface area contributed by atoms with Crippen LogP contribution in [0.25, 0.3) is 0 Å². The molecule has 1 aromatic rings. The fraction of sp³-hybridized carbons (Fsp3) is 0.708. The maximum absolute atomic E-state index is 7.82. The third kappa shape index (κ3) is 5.94. The molecule has 0 aromatic heterocycles. The lowest BCUT2D eigenvalue weighted by atomic mass is 9.64. The first kappa shape index (κ1) is 22.7. The summed E-state index contributed by atoms with van der Waals surface area (Å²) < 4.78 is 0.561. The van der Waals surface area contributed by atoms with Gasteiger partial charge in [-0.2, -0.15) is 5.26 Å². The summed E-state index contributed by atoms with van der Waals surface area (Å²) >= 11 is 4.53. The summed E-state index contributed by atoms with van der Waals surface area (Å²) in [5, 5.41) is 7.82. The molecule has 1 aliphatic heterocycles. The Bertz CT molecular complexity index is 601. The third-order valence-electron chi connectivity index (χ3n) is 5.79. The van der Waals surface area contributed by atoms with Gasteiger partial charge in [-0.25, -0.2) is 0 Å². The van der Waals surface area contributed by atoms with Gasteiger partial charge in [-0.05, 0) is 61.0 Å². The van der Waals surface area contributed by atoms with Crippen LogP contribution in [-0.2, 0) is 6.42 Å². The molecule has 1 saturated heterocycles. The van der Waals surface area contributed by atoms with Crippen molar-refractivity contribution in [3.8, 4) is 6.07 Å². The molecule has 2 aliphatic carbocycles. The van der Waals surface area contributed by atoms with Gasteiger partial charge in [-0.1, -0.05) is 58.4 Å². The van der Waals surface area contributed by atoms with Crippen molar-refractivity contribution in [1.82, 2.24) is 0 Å². The van der Waals surface area contributed by atoms with Gasteiger partial charge in [-0.3, -0.25) is 0 Å².